The predicted octanol–water partition coefficient (Wildman–Crippen LogP) is 3.35. The number of hydrogen-bond acceptors (Lipinski definition) is 3. The molecule has 0 N–H and O–H groups in total. The number of ether oxygens (including phenoxy) is 1. The van der Waals surface area contributed by atoms with Gasteiger partial charge in [-0.1, -0.05) is 46.0 Å². The molecule has 4 heteroatoms. The summed E-state index contributed by atoms with van der Waals surface area (Å²) in [5, 5.41) is 0. The molecular formula is C14H25NO3. The Kier molecular flexibility index (Phi) is 6.76. The van der Waals surface area contributed by atoms with Gasteiger partial charge in [-0.2, -0.15) is 0 Å². The van der Waals surface area contributed by atoms with E-state index in [9.17, 15) is 9.59 Å². The number of nitrogens with zero attached hydrogens (tertiary/aromatic N) is 1. The Morgan fingerprint density at radius 1 is 1.28 bits per heavy atom. The molecule has 1 atom stereocenters. The maximum atomic E-state index is 12.0. The molecule has 0 radical (unpaired) electrons. The lowest BCUT2D eigenvalue weighted by Gasteiger charge is -2.18. The van der Waals surface area contributed by atoms with E-state index in [-0.39, 0.29) is 5.91 Å². The Morgan fingerprint density at radius 2 is 2.06 bits per heavy atom. The Hall–Kier alpha value is -1.06. The molecule has 1 fully saturated rings. The van der Waals surface area contributed by atoms with Gasteiger partial charge in [0.25, 0.3) is 0 Å². The van der Waals surface area contributed by atoms with Crippen LogP contribution >= 0.6 is 0 Å². The van der Waals surface area contributed by atoms with E-state index >= 15 is 0 Å². The number of carbonyl (C=O) groups is 2. The van der Waals surface area contributed by atoms with Crippen molar-refractivity contribution >= 4 is 12.0 Å². The zero-order chi connectivity index (χ0) is 13.4. The number of hydrogen-bond donors (Lipinski definition) is 0. The molecule has 1 rings (SSSR count). The number of carbonyl (C=O) groups excluding carboxylic acids is 2. The molecule has 0 spiro atoms. The third-order valence-corrected chi connectivity index (χ3v) is 3.44. The van der Waals surface area contributed by atoms with E-state index in [1.165, 1.54) is 24.2 Å². The van der Waals surface area contributed by atoms with Crippen molar-refractivity contribution in [1.82, 2.24) is 4.90 Å². The second-order valence-corrected chi connectivity index (χ2v) is 5.01. The first-order valence-corrected chi connectivity index (χ1v) is 7.16. The van der Waals surface area contributed by atoms with Crippen molar-refractivity contribution in [2.75, 3.05) is 13.2 Å². The van der Waals surface area contributed by atoms with Crippen LogP contribution in [0.15, 0.2) is 0 Å². The topological polar surface area (TPSA) is 46.6 Å². The molecule has 0 aromatic carbocycles. The summed E-state index contributed by atoms with van der Waals surface area (Å²) in [6.45, 7) is 5.09. The normalized spacial score (nSPS) is 16.8. The highest BCUT2D eigenvalue weighted by Gasteiger charge is 2.29. The van der Waals surface area contributed by atoms with Crippen molar-refractivity contribution in [3.63, 3.8) is 0 Å². The number of amides is 2. The highest BCUT2D eigenvalue weighted by atomic mass is 16.6. The van der Waals surface area contributed by atoms with Gasteiger partial charge >= 0.3 is 6.09 Å². The van der Waals surface area contributed by atoms with E-state index in [1.54, 1.807) is 0 Å². The molecule has 0 saturated carbocycles. The van der Waals surface area contributed by atoms with Crippen molar-refractivity contribution in [2.45, 2.75) is 58.8 Å². The average Bonchev–Trinajstić information content (AvgIpc) is 2.76. The van der Waals surface area contributed by atoms with E-state index in [0.717, 1.165) is 19.3 Å². The van der Waals surface area contributed by atoms with Crippen LogP contribution in [0.2, 0.25) is 0 Å². The summed E-state index contributed by atoms with van der Waals surface area (Å²) in [6, 6.07) is 0. The van der Waals surface area contributed by atoms with Gasteiger partial charge in [0.05, 0.1) is 6.54 Å². The summed E-state index contributed by atoms with van der Waals surface area (Å²) in [5.74, 6) is 0.356. The van der Waals surface area contributed by atoms with Crippen molar-refractivity contribution < 1.29 is 14.3 Å². The summed E-state index contributed by atoms with van der Waals surface area (Å²) in [6.07, 6.45) is 6.88. The minimum absolute atomic E-state index is 0.0625. The second kappa shape index (κ2) is 8.11. The number of imide groups is 1. The summed E-state index contributed by atoms with van der Waals surface area (Å²) in [7, 11) is 0. The summed E-state index contributed by atoms with van der Waals surface area (Å²) in [5.41, 5.74) is 0. The van der Waals surface area contributed by atoms with E-state index in [4.69, 9.17) is 4.74 Å². The van der Waals surface area contributed by atoms with Crippen LogP contribution in [0.25, 0.3) is 0 Å². The smallest absolute Gasteiger partial charge is 0.416 e. The average molecular weight is 255 g/mol. The van der Waals surface area contributed by atoms with Crippen LogP contribution in [0, 0.1) is 5.92 Å². The molecule has 104 valence electrons. The van der Waals surface area contributed by atoms with Crippen LogP contribution in [-0.2, 0) is 9.53 Å². The Morgan fingerprint density at radius 3 is 2.61 bits per heavy atom. The van der Waals surface area contributed by atoms with Gasteiger partial charge < -0.3 is 4.74 Å². The molecule has 4 nitrogen and oxygen atoms in total. The lowest BCUT2D eigenvalue weighted by Crippen LogP contribution is -2.32. The number of unbranched alkanes of at least 4 members (excludes halogenated alkanes) is 2. The lowest BCUT2D eigenvalue weighted by atomic mass is 9.93. The van der Waals surface area contributed by atoms with E-state index in [2.05, 4.69) is 13.8 Å². The first kappa shape index (κ1) is 15.0. The van der Waals surface area contributed by atoms with Crippen molar-refractivity contribution in [3.05, 3.63) is 0 Å². The van der Waals surface area contributed by atoms with Gasteiger partial charge in [-0.25, -0.2) is 9.69 Å². The molecule has 0 aromatic heterocycles. The molecule has 1 saturated heterocycles. The maximum absolute atomic E-state index is 12.0. The largest absolute Gasteiger partial charge is 0.447 e. The Bertz CT molecular complexity index is 278. The van der Waals surface area contributed by atoms with Crippen LogP contribution in [0.4, 0.5) is 4.79 Å². The summed E-state index contributed by atoms with van der Waals surface area (Å²) in [4.78, 5) is 24.5. The molecule has 18 heavy (non-hydrogen) atoms. The first-order chi connectivity index (χ1) is 8.69. The van der Waals surface area contributed by atoms with Crippen LogP contribution in [0.5, 0.6) is 0 Å². The van der Waals surface area contributed by atoms with Gasteiger partial charge in [0.2, 0.25) is 5.91 Å². The van der Waals surface area contributed by atoms with E-state index in [0.29, 0.717) is 25.5 Å². The van der Waals surface area contributed by atoms with Crippen LogP contribution < -0.4 is 0 Å². The quantitative estimate of drug-likeness (QED) is 0.625. The fraction of sp³-hybridized carbons (Fsp3) is 0.857. The van der Waals surface area contributed by atoms with Gasteiger partial charge in [0.1, 0.15) is 6.61 Å². The zero-order valence-electron chi connectivity index (χ0n) is 11.6. The SMILES string of the molecule is CCCCCC(CCC)CC(=O)N1CCOC1=O. The van der Waals surface area contributed by atoms with E-state index in [1.807, 2.05) is 0 Å². The third kappa shape index (κ3) is 4.67. The minimum atomic E-state index is -0.469. The molecule has 1 heterocycles. The van der Waals surface area contributed by atoms with Gasteiger partial charge in [0, 0.05) is 6.42 Å². The second-order valence-electron chi connectivity index (χ2n) is 5.01. The molecular weight excluding hydrogens is 230 g/mol. The third-order valence-electron chi connectivity index (χ3n) is 3.44. The summed E-state index contributed by atoms with van der Waals surface area (Å²) >= 11 is 0. The fourth-order valence-electron chi connectivity index (χ4n) is 2.42. The van der Waals surface area contributed by atoms with E-state index < -0.39 is 6.09 Å². The van der Waals surface area contributed by atoms with Gasteiger partial charge in [0.15, 0.2) is 0 Å². The number of cyclic esters (lactones) is 1. The molecule has 1 unspecified atom stereocenters. The van der Waals surface area contributed by atoms with Gasteiger partial charge in [-0.15, -0.1) is 0 Å². The minimum Gasteiger partial charge on any atom is -0.447 e. The summed E-state index contributed by atoms with van der Waals surface area (Å²) < 4.78 is 4.79. The van der Waals surface area contributed by atoms with Crippen LogP contribution in [0.3, 0.4) is 0 Å². The molecule has 1 aliphatic heterocycles. The van der Waals surface area contributed by atoms with Crippen molar-refractivity contribution in [1.29, 1.82) is 0 Å². The lowest BCUT2D eigenvalue weighted by molar-refractivity contribution is -0.128. The van der Waals surface area contributed by atoms with Crippen LogP contribution in [0.1, 0.15) is 58.8 Å². The zero-order valence-corrected chi connectivity index (χ0v) is 11.6. The van der Waals surface area contributed by atoms with Crippen molar-refractivity contribution in [3.8, 4) is 0 Å². The highest BCUT2D eigenvalue weighted by Crippen LogP contribution is 2.21. The standard InChI is InChI=1S/C14H25NO3/c1-3-5-6-8-12(7-4-2)11-13(16)15-9-10-18-14(15)17/h12H,3-11H2,1-2H3. The van der Waals surface area contributed by atoms with Crippen LogP contribution in [-0.4, -0.2) is 30.1 Å². The number of rotatable bonds is 8. The fourth-order valence-corrected chi connectivity index (χ4v) is 2.42. The molecule has 0 bridgehead atoms. The Balaban J connectivity index is 2.38. The first-order valence-electron chi connectivity index (χ1n) is 7.16. The Labute approximate surface area is 110 Å². The molecule has 1 aliphatic rings. The molecule has 0 aliphatic carbocycles. The molecule has 2 amide bonds. The van der Waals surface area contributed by atoms with Gasteiger partial charge in [-0.3, -0.25) is 4.79 Å². The predicted molar refractivity (Wildman–Crippen MR) is 70.2 cm³/mol. The monoisotopic (exact) mass is 255 g/mol. The maximum Gasteiger partial charge on any atom is 0.416 e. The van der Waals surface area contributed by atoms with Crippen molar-refractivity contribution in [2.24, 2.45) is 5.92 Å². The highest BCUT2D eigenvalue weighted by molar-refractivity contribution is 5.93. The van der Waals surface area contributed by atoms with Gasteiger partial charge in [-0.05, 0) is 12.3 Å². The molecule has 0 aromatic rings.